The quantitative estimate of drug-likeness (QED) is 0.710. The highest BCUT2D eigenvalue weighted by Crippen LogP contribution is 2.17. The third-order valence-electron chi connectivity index (χ3n) is 2.35. The molecule has 1 rings (SSSR count). The molecule has 0 saturated heterocycles. The van der Waals surface area contributed by atoms with E-state index in [0.717, 1.165) is 6.54 Å². The van der Waals surface area contributed by atoms with Crippen LogP contribution in [0.1, 0.15) is 18.6 Å². The van der Waals surface area contributed by atoms with Crippen LogP contribution in [0, 0.1) is 6.54 Å². The number of methoxy groups -OCH3 is 1. The fourth-order valence-corrected chi connectivity index (χ4v) is 1.35. The second-order valence-corrected chi connectivity index (χ2v) is 3.33. The van der Waals surface area contributed by atoms with Crippen molar-refractivity contribution in [3.05, 3.63) is 42.4 Å². The lowest BCUT2D eigenvalue weighted by Gasteiger charge is -2.21. The molecule has 2 heteroatoms. The Bertz CT molecular complexity index is 248. The Morgan fingerprint density at radius 2 is 2.00 bits per heavy atom. The predicted octanol–water partition coefficient (Wildman–Crippen LogP) is 2.49. The third-order valence-corrected chi connectivity index (χ3v) is 2.35. The summed E-state index contributed by atoms with van der Waals surface area (Å²) in [7, 11) is 3.80. The lowest BCUT2D eigenvalue weighted by atomic mass is 10.1. The molecule has 1 unspecified atom stereocenters. The largest absolute Gasteiger partial charge is 0.375 e. The summed E-state index contributed by atoms with van der Waals surface area (Å²) >= 11 is 0. The van der Waals surface area contributed by atoms with Gasteiger partial charge in [-0.2, -0.15) is 0 Å². The Morgan fingerprint density at radius 3 is 2.50 bits per heavy atom. The monoisotopic (exact) mass is 192 g/mol. The summed E-state index contributed by atoms with van der Waals surface area (Å²) in [5.74, 6) is 0. The highest BCUT2D eigenvalue weighted by molar-refractivity contribution is 5.17. The molecule has 0 aliphatic rings. The standard InChI is InChI=1S/C12H18NO/c1-4-13(2)10-12(14-3)11-8-6-5-7-9-11/h4-9,12H,10H2,1-3H3. The van der Waals surface area contributed by atoms with Crippen molar-refractivity contribution in [3.63, 3.8) is 0 Å². The number of rotatable bonds is 5. The first kappa shape index (κ1) is 11.2. The maximum atomic E-state index is 5.45. The molecule has 0 heterocycles. The fourth-order valence-electron chi connectivity index (χ4n) is 1.35. The van der Waals surface area contributed by atoms with E-state index in [4.69, 9.17) is 4.74 Å². The lowest BCUT2D eigenvalue weighted by Crippen LogP contribution is -2.22. The summed E-state index contributed by atoms with van der Waals surface area (Å²) in [6.45, 7) is 4.96. The summed E-state index contributed by atoms with van der Waals surface area (Å²) in [5.41, 5.74) is 1.23. The first-order chi connectivity index (χ1) is 6.77. The van der Waals surface area contributed by atoms with Crippen LogP contribution in [0.2, 0.25) is 0 Å². The van der Waals surface area contributed by atoms with Crippen LogP contribution in [0.3, 0.4) is 0 Å². The molecular weight excluding hydrogens is 174 g/mol. The SMILES string of the molecule is C[CH]N(C)CC(OC)c1ccccc1. The topological polar surface area (TPSA) is 12.5 Å². The molecule has 0 N–H and O–H groups in total. The van der Waals surface area contributed by atoms with Gasteiger partial charge in [0.25, 0.3) is 0 Å². The molecule has 2 nitrogen and oxygen atoms in total. The highest BCUT2D eigenvalue weighted by Gasteiger charge is 2.11. The zero-order valence-corrected chi connectivity index (χ0v) is 9.10. The van der Waals surface area contributed by atoms with Crippen LogP contribution in [-0.4, -0.2) is 25.6 Å². The molecule has 0 aliphatic carbocycles. The van der Waals surface area contributed by atoms with Crippen LogP contribution < -0.4 is 0 Å². The molecule has 0 bridgehead atoms. The van der Waals surface area contributed by atoms with E-state index in [1.165, 1.54) is 5.56 Å². The zero-order chi connectivity index (χ0) is 10.4. The maximum Gasteiger partial charge on any atom is 0.0947 e. The Kier molecular flexibility index (Phi) is 4.63. The van der Waals surface area contributed by atoms with Gasteiger partial charge in [-0.3, -0.25) is 4.90 Å². The minimum Gasteiger partial charge on any atom is -0.375 e. The van der Waals surface area contributed by atoms with Gasteiger partial charge >= 0.3 is 0 Å². The molecule has 1 radical (unpaired) electrons. The van der Waals surface area contributed by atoms with Gasteiger partial charge < -0.3 is 4.74 Å². The van der Waals surface area contributed by atoms with Crippen LogP contribution in [0.25, 0.3) is 0 Å². The van der Waals surface area contributed by atoms with E-state index in [2.05, 4.69) is 30.6 Å². The van der Waals surface area contributed by atoms with Gasteiger partial charge in [0.15, 0.2) is 0 Å². The van der Waals surface area contributed by atoms with Crippen molar-refractivity contribution in [2.45, 2.75) is 13.0 Å². The van der Waals surface area contributed by atoms with E-state index >= 15 is 0 Å². The normalized spacial score (nSPS) is 13.1. The van der Waals surface area contributed by atoms with Gasteiger partial charge in [0, 0.05) is 20.2 Å². The summed E-state index contributed by atoms with van der Waals surface area (Å²) in [6, 6.07) is 10.3. The second kappa shape index (κ2) is 5.78. The number of benzene rings is 1. The Balaban J connectivity index is 2.63. The van der Waals surface area contributed by atoms with E-state index in [1.54, 1.807) is 7.11 Å². The van der Waals surface area contributed by atoms with Crippen LogP contribution in [0.4, 0.5) is 0 Å². The smallest absolute Gasteiger partial charge is 0.0947 e. The lowest BCUT2D eigenvalue weighted by molar-refractivity contribution is 0.0791. The van der Waals surface area contributed by atoms with E-state index in [9.17, 15) is 0 Å². The summed E-state index contributed by atoms with van der Waals surface area (Å²) < 4.78 is 5.45. The van der Waals surface area contributed by atoms with Crippen molar-refractivity contribution in [1.82, 2.24) is 4.90 Å². The zero-order valence-electron chi connectivity index (χ0n) is 9.10. The number of hydrogen-bond acceptors (Lipinski definition) is 2. The predicted molar refractivity (Wildman–Crippen MR) is 58.8 cm³/mol. The molecular formula is C12H18NO. The van der Waals surface area contributed by atoms with Crippen molar-refractivity contribution in [2.75, 3.05) is 20.7 Å². The molecule has 1 atom stereocenters. The molecule has 1 aromatic carbocycles. The third kappa shape index (κ3) is 3.13. The Morgan fingerprint density at radius 1 is 1.36 bits per heavy atom. The average Bonchev–Trinajstić information content (AvgIpc) is 2.26. The summed E-state index contributed by atoms with van der Waals surface area (Å²) in [6.07, 6.45) is 0.150. The van der Waals surface area contributed by atoms with Gasteiger partial charge in [0.2, 0.25) is 0 Å². The van der Waals surface area contributed by atoms with Crippen LogP contribution in [0.5, 0.6) is 0 Å². The van der Waals surface area contributed by atoms with E-state index in [-0.39, 0.29) is 6.10 Å². The Labute approximate surface area is 86.5 Å². The maximum absolute atomic E-state index is 5.45. The van der Waals surface area contributed by atoms with E-state index in [0.29, 0.717) is 0 Å². The first-order valence-corrected chi connectivity index (χ1v) is 4.85. The molecule has 0 fully saturated rings. The number of ether oxygens (including phenoxy) is 1. The van der Waals surface area contributed by atoms with Gasteiger partial charge in [0.05, 0.1) is 6.10 Å². The molecule has 0 spiro atoms. The molecule has 14 heavy (non-hydrogen) atoms. The molecule has 0 amide bonds. The summed E-state index contributed by atoms with van der Waals surface area (Å²) in [4.78, 5) is 2.13. The second-order valence-electron chi connectivity index (χ2n) is 3.33. The van der Waals surface area contributed by atoms with Crippen molar-refractivity contribution in [2.24, 2.45) is 0 Å². The van der Waals surface area contributed by atoms with Crippen molar-refractivity contribution < 1.29 is 4.74 Å². The number of likely N-dealkylation sites (N-methyl/N-ethyl adjacent to an activating group) is 1. The minimum atomic E-state index is 0.150. The fraction of sp³-hybridized carbons (Fsp3) is 0.417. The number of nitrogens with zero attached hydrogens (tertiary/aromatic N) is 1. The van der Waals surface area contributed by atoms with E-state index in [1.807, 2.05) is 25.1 Å². The van der Waals surface area contributed by atoms with Crippen molar-refractivity contribution in [1.29, 1.82) is 0 Å². The first-order valence-electron chi connectivity index (χ1n) is 4.85. The molecule has 0 aliphatic heterocycles. The summed E-state index contributed by atoms with van der Waals surface area (Å²) in [5, 5.41) is 0. The van der Waals surface area contributed by atoms with Gasteiger partial charge in [-0.25, -0.2) is 0 Å². The average molecular weight is 192 g/mol. The molecule has 1 aromatic rings. The van der Waals surface area contributed by atoms with Gasteiger partial charge in [-0.05, 0) is 19.5 Å². The van der Waals surface area contributed by atoms with Crippen LogP contribution in [-0.2, 0) is 4.74 Å². The van der Waals surface area contributed by atoms with Crippen molar-refractivity contribution >= 4 is 0 Å². The highest BCUT2D eigenvalue weighted by atomic mass is 16.5. The Hall–Kier alpha value is -0.860. The molecule has 0 aromatic heterocycles. The molecule has 77 valence electrons. The van der Waals surface area contributed by atoms with Crippen LogP contribution in [0.15, 0.2) is 30.3 Å². The van der Waals surface area contributed by atoms with Gasteiger partial charge in [-0.15, -0.1) is 0 Å². The van der Waals surface area contributed by atoms with Crippen LogP contribution >= 0.6 is 0 Å². The minimum absolute atomic E-state index is 0.150. The van der Waals surface area contributed by atoms with E-state index < -0.39 is 0 Å². The molecule has 0 saturated carbocycles. The van der Waals surface area contributed by atoms with Gasteiger partial charge in [-0.1, -0.05) is 30.3 Å². The van der Waals surface area contributed by atoms with Gasteiger partial charge in [0.1, 0.15) is 0 Å². The number of hydrogen-bond donors (Lipinski definition) is 0. The van der Waals surface area contributed by atoms with Crippen molar-refractivity contribution in [3.8, 4) is 0 Å².